The van der Waals surface area contributed by atoms with Gasteiger partial charge in [-0.05, 0) is 35.2 Å². The van der Waals surface area contributed by atoms with Gasteiger partial charge in [0.1, 0.15) is 0 Å². The van der Waals surface area contributed by atoms with Crippen LogP contribution in [0.1, 0.15) is 33.1 Å². The Balaban J connectivity index is 1.88. The van der Waals surface area contributed by atoms with E-state index in [1.807, 2.05) is 12.1 Å². The number of carbonyl (C=O) groups excluding carboxylic acids is 1. The van der Waals surface area contributed by atoms with Crippen LogP contribution in [0.25, 0.3) is 0 Å². The molecule has 0 saturated heterocycles. The molecule has 0 aliphatic carbocycles. The van der Waals surface area contributed by atoms with Crippen molar-refractivity contribution in [3.63, 3.8) is 0 Å². The molecular weight excluding hydrogens is 354 g/mol. The second-order valence-corrected chi connectivity index (χ2v) is 8.60. The SMILES string of the molecule is CS(=O)(=O)Cc1ccc(C(=O)N2CCc3ccccc3C2C(=O)O)cc1. The number of carbonyl (C=O) groups is 2. The highest BCUT2D eigenvalue weighted by Crippen LogP contribution is 2.31. The van der Waals surface area contributed by atoms with Gasteiger partial charge < -0.3 is 10.0 Å². The second-order valence-electron chi connectivity index (χ2n) is 6.46. The van der Waals surface area contributed by atoms with E-state index in [2.05, 4.69) is 0 Å². The van der Waals surface area contributed by atoms with Gasteiger partial charge in [-0.2, -0.15) is 0 Å². The molecule has 136 valence electrons. The number of carboxylic acids is 1. The molecule has 0 radical (unpaired) electrons. The normalized spacial score (nSPS) is 16.8. The second kappa shape index (κ2) is 6.92. The van der Waals surface area contributed by atoms with Gasteiger partial charge in [0.15, 0.2) is 15.9 Å². The standard InChI is InChI=1S/C19H19NO5S/c1-26(24,25)12-13-6-8-15(9-7-13)18(21)20-11-10-14-4-2-3-5-16(14)17(20)19(22)23/h2-9,17H,10-12H2,1H3,(H,22,23). The summed E-state index contributed by atoms with van der Waals surface area (Å²) in [5, 5.41) is 9.66. The van der Waals surface area contributed by atoms with Crippen LogP contribution < -0.4 is 0 Å². The topological polar surface area (TPSA) is 91.8 Å². The third kappa shape index (κ3) is 3.77. The smallest absolute Gasteiger partial charge is 0.331 e. The average molecular weight is 373 g/mol. The van der Waals surface area contributed by atoms with Crippen molar-refractivity contribution >= 4 is 21.7 Å². The minimum atomic E-state index is -3.16. The lowest BCUT2D eigenvalue weighted by Gasteiger charge is -2.34. The summed E-state index contributed by atoms with van der Waals surface area (Å²) in [6.07, 6.45) is 1.74. The monoisotopic (exact) mass is 373 g/mol. The molecule has 1 aliphatic heterocycles. The van der Waals surface area contributed by atoms with E-state index in [9.17, 15) is 23.1 Å². The van der Waals surface area contributed by atoms with Gasteiger partial charge in [0.25, 0.3) is 5.91 Å². The Kier molecular flexibility index (Phi) is 4.82. The van der Waals surface area contributed by atoms with Crippen LogP contribution in [0.15, 0.2) is 48.5 Å². The molecule has 3 rings (SSSR count). The third-order valence-electron chi connectivity index (χ3n) is 4.41. The number of fused-ring (bicyclic) bond motifs is 1. The van der Waals surface area contributed by atoms with Gasteiger partial charge in [0.05, 0.1) is 5.75 Å². The average Bonchev–Trinajstić information content (AvgIpc) is 2.59. The molecule has 0 fully saturated rings. The molecule has 2 aromatic rings. The van der Waals surface area contributed by atoms with Crippen LogP contribution in [0.3, 0.4) is 0 Å². The molecule has 1 atom stereocenters. The van der Waals surface area contributed by atoms with Crippen LogP contribution in [0.5, 0.6) is 0 Å². The molecule has 1 unspecified atom stereocenters. The van der Waals surface area contributed by atoms with Gasteiger partial charge in [0, 0.05) is 18.4 Å². The van der Waals surface area contributed by atoms with E-state index in [0.29, 0.717) is 29.7 Å². The Morgan fingerprint density at radius 3 is 2.38 bits per heavy atom. The lowest BCUT2D eigenvalue weighted by Crippen LogP contribution is -2.43. The lowest BCUT2D eigenvalue weighted by atomic mass is 9.92. The fourth-order valence-corrected chi connectivity index (χ4v) is 4.06. The van der Waals surface area contributed by atoms with Crippen molar-refractivity contribution in [3.8, 4) is 0 Å². The van der Waals surface area contributed by atoms with Gasteiger partial charge in [-0.25, -0.2) is 13.2 Å². The van der Waals surface area contributed by atoms with E-state index >= 15 is 0 Å². The number of carboxylic acid groups (broad SMARTS) is 1. The molecule has 7 heteroatoms. The Morgan fingerprint density at radius 2 is 1.77 bits per heavy atom. The minimum Gasteiger partial charge on any atom is -0.479 e. The van der Waals surface area contributed by atoms with Gasteiger partial charge in [-0.1, -0.05) is 36.4 Å². The molecule has 0 saturated carbocycles. The van der Waals surface area contributed by atoms with Crippen molar-refractivity contribution in [2.24, 2.45) is 0 Å². The number of nitrogens with zero attached hydrogens (tertiary/aromatic N) is 1. The van der Waals surface area contributed by atoms with Crippen molar-refractivity contribution in [1.29, 1.82) is 0 Å². The number of amides is 1. The fraction of sp³-hybridized carbons (Fsp3) is 0.263. The van der Waals surface area contributed by atoms with E-state index in [0.717, 1.165) is 11.8 Å². The highest BCUT2D eigenvalue weighted by atomic mass is 32.2. The zero-order valence-corrected chi connectivity index (χ0v) is 15.1. The van der Waals surface area contributed by atoms with E-state index in [1.165, 1.54) is 4.90 Å². The fourth-order valence-electron chi connectivity index (χ4n) is 3.26. The molecule has 6 nitrogen and oxygen atoms in total. The molecule has 2 aromatic carbocycles. The third-order valence-corrected chi connectivity index (χ3v) is 5.27. The highest BCUT2D eigenvalue weighted by Gasteiger charge is 2.36. The van der Waals surface area contributed by atoms with Gasteiger partial charge in [-0.3, -0.25) is 4.79 Å². The molecule has 1 amide bonds. The summed E-state index contributed by atoms with van der Waals surface area (Å²) >= 11 is 0. The number of sulfone groups is 1. The molecule has 1 aliphatic rings. The van der Waals surface area contributed by atoms with E-state index in [4.69, 9.17) is 0 Å². The Labute approximate surface area is 152 Å². The zero-order valence-electron chi connectivity index (χ0n) is 14.3. The van der Waals surface area contributed by atoms with Crippen molar-refractivity contribution < 1.29 is 23.1 Å². The Hall–Kier alpha value is -2.67. The molecule has 0 aromatic heterocycles. The zero-order chi connectivity index (χ0) is 18.9. The quantitative estimate of drug-likeness (QED) is 0.886. The Morgan fingerprint density at radius 1 is 1.12 bits per heavy atom. The largest absolute Gasteiger partial charge is 0.479 e. The predicted octanol–water partition coefficient (Wildman–Crippen LogP) is 2.06. The molecule has 0 bridgehead atoms. The number of aliphatic carboxylic acids is 1. The number of benzene rings is 2. The van der Waals surface area contributed by atoms with E-state index in [1.54, 1.807) is 36.4 Å². The minimum absolute atomic E-state index is 0.101. The van der Waals surface area contributed by atoms with Gasteiger partial charge in [0.2, 0.25) is 0 Å². The van der Waals surface area contributed by atoms with Crippen molar-refractivity contribution in [2.45, 2.75) is 18.2 Å². The maximum atomic E-state index is 12.9. The first-order chi connectivity index (χ1) is 12.3. The summed E-state index contributed by atoms with van der Waals surface area (Å²) in [6.45, 7) is 0.317. The van der Waals surface area contributed by atoms with E-state index < -0.39 is 21.8 Å². The lowest BCUT2D eigenvalue weighted by molar-refractivity contribution is -0.143. The first-order valence-electron chi connectivity index (χ1n) is 8.14. The number of hydrogen-bond acceptors (Lipinski definition) is 4. The highest BCUT2D eigenvalue weighted by molar-refractivity contribution is 7.89. The van der Waals surface area contributed by atoms with Gasteiger partial charge in [-0.15, -0.1) is 0 Å². The summed E-state index contributed by atoms with van der Waals surface area (Å²) in [5.41, 5.74) is 2.50. The summed E-state index contributed by atoms with van der Waals surface area (Å²) in [4.78, 5) is 26.0. The van der Waals surface area contributed by atoms with Gasteiger partial charge >= 0.3 is 5.97 Å². The van der Waals surface area contributed by atoms with Crippen LogP contribution in [0.4, 0.5) is 0 Å². The van der Waals surface area contributed by atoms with E-state index in [-0.39, 0.29) is 11.7 Å². The summed E-state index contributed by atoms with van der Waals surface area (Å²) in [5.74, 6) is -1.55. The summed E-state index contributed by atoms with van der Waals surface area (Å²) in [7, 11) is -3.16. The van der Waals surface area contributed by atoms with Crippen LogP contribution in [-0.2, 0) is 26.8 Å². The molecule has 1 N–H and O–H groups in total. The van der Waals surface area contributed by atoms with Crippen molar-refractivity contribution in [1.82, 2.24) is 4.90 Å². The molecule has 26 heavy (non-hydrogen) atoms. The molecule has 0 spiro atoms. The summed E-state index contributed by atoms with van der Waals surface area (Å²) in [6, 6.07) is 12.5. The summed E-state index contributed by atoms with van der Waals surface area (Å²) < 4.78 is 22.7. The first kappa shape index (κ1) is 18.1. The van der Waals surface area contributed by atoms with Crippen LogP contribution in [0, 0.1) is 0 Å². The molecule has 1 heterocycles. The Bertz CT molecular complexity index is 950. The van der Waals surface area contributed by atoms with Crippen LogP contribution in [0.2, 0.25) is 0 Å². The predicted molar refractivity (Wildman–Crippen MR) is 96.5 cm³/mol. The number of hydrogen-bond donors (Lipinski definition) is 1. The van der Waals surface area contributed by atoms with Crippen LogP contribution in [-0.4, -0.2) is 43.1 Å². The molecular formula is C19H19NO5S. The van der Waals surface area contributed by atoms with Crippen LogP contribution >= 0.6 is 0 Å². The first-order valence-corrected chi connectivity index (χ1v) is 10.2. The maximum absolute atomic E-state index is 12.9. The van der Waals surface area contributed by atoms with Crippen molar-refractivity contribution in [2.75, 3.05) is 12.8 Å². The maximum Gasteiger partial charge on any atom is 0.331 e. The number of rotatable bonds is 4. The van der Waals surface area contributed by atoms with Crippen molar-refractivity contribution in [3.05, 3.63) is 70.8 Å².